The maximum absolute atomic E-state index is 12.6. The number of likely N-dealkylation sites (N-methyl/N-ethyl adjacent to an activating group) is 1. The monoisotopic (exact) mass is 350 g/mol. The number of aliphatic imine (C=N–C) groups is 1. The number of guanidine groups is 1. The highest BCUT2D eigenvalue weighted by molar-refractivity contribution is 7.10. The van der Waals surface area contributed by atoms with Crippen LogP contribution in [0.15, 0.2) is 22.5 Å². The summed E-state index contributed by atoms with van der Waals surface area (Å²) < 4.78 is 5.09. The molecule has 1 amide bonds. The summed E-state index contributed by atoms with van der Waals surface area (Å²) in [5, 5.41) is 4.73. The minimum Gasteiger partial charge on any atom is -0.465 e. The van der Waals surface area contributed by atoms with Gasteiger partial charge in [0.1, 0.15) is 6.04 Å². The molecule has 1 aromatic heterocycles. The molecule has 0 aliphatic carbocycles. The van der Waals surface area contributed by atoms with Crippen molar-refractivity contribution in [1.29, 1.82) is 0 Å². The molecule has 0 aromatic carbocycles. The van der Waals surface area contributed by atoms with Crippen molar-refractivity contribution in [3.63, 3.8) is 0 Å². The third-order valence-corrected chi connectivity index (χ3v) is 5.22. The Morgan fingerprint density at radius 2 is 2.17 bits per heavy atom. The van der Waals surface area contributed by atoms with Crippen molar-refractivity contribution < 1.29 is 14.3 Å². The fraction of sp³-hybridized carbons (Fsp3) is 0.562. The number of nitrogens with one attached hydrogen (secondary N) is 1. The molecule has 0 bridgehead atoms. The number of thiophene rings is 1. The Kier molecular flexibility index (Phi) is 5.15. The molecule has 0 spiro atoms. The number of esters is 1. The first-order valence-electron chi connectivity index (χ1n) is 8.12. The van der Waals surface area contributed by atoms with Gasteiger partial charge >= 0.3 is 5.97 Å². The van der Waals surface area contributed by atoms with Crippen molar-refractivity contribution in [2.45, 2.75) is 13.0 Å². The third kappa shape index (κ3) is 3.44. The molecule has 130 valence electrons. The van der Waals surface area contributed by atoms with E-state index in [0.717, 1.165) is 31.1 Å². The van der Waals surface area contributed by atoms with Gasteiger partial charge in [0.15, 0.2) is 5.92 Å². The van der Waals surface area contributed by atoms with Crippen LogP contribution in [0.25, 0.3) is 0 Å². The predicted molar refractivity (Wildman–Crippen MR) is 91.8 cm³/mol. The van der Waals surface area contributed by atoms with Gasteiger partial charge in [-0.05, 0) is 25.4 Å². The molecular formula is C16H22N4O3S. The summed E-state index contributed by atoms with van der Waals surface area (Å²) in [5.74, 6) is -1.22. The number of carbonyl (C=O) groups excluding carboxylic acids is 2. The van der Waals surface area contributed by atoms with Crippen molar-refractivity contribution in [3.05, 3.63) is 22.4 Å². The van der Waals surface area contributed by atoms with Gasteiger partial charge in [-0.2, -0.15) is 0 Å². The zero-order valence-corrected chi connectivity index (χ0v) is 14.7. The lowest BCUT2D eigenvalue weighted by molar-refractivity contribution is -0.153. The van der Waals surface area contributed by atoms with Gasteiger partial charge in [-0.3, -0.25) is 14.9 Å². The normalized spacial score (nSPS) is 25.2. The van der Waals surface area contributed by atoms with E-state index < -0.39 is 17.9 Å². The lowest BCUT2D eigenvalue weighted by Crippen LogP contribution is -2.56. The SMILES string of the molecule is CCOC(=O)[C@@H]1C(=O)NC(N2CCN(C)CC2)=N[C@H]1c1cccs1. The summed E-state index contributed by atoms with van der Waals surface area (Å²) in [6.45, 7) is 5.42. The molecule has 3 heterocycles. The van der Waals surface area contributed by atoms with Gasteiger partial charge in [0.2, 0.25) is 11.9 Å². The van der Waals surface area contributed by atoms with Crippen LogP contribution >= 0.6 is 11.3 Å². The molecule has 1 saturated heterocycles. The fourth-order valence-electron chi connectivity index (χ4n) is 2.90. The Morgan fingerprint density at radius 1 is 1.42 bits per heavy atom. The number of hydrogen-bond acceptors (Lipinski definition) is 7. The second kappa shape index (κ2) is 7.31. The van der Waals surface area contributed by atoms with Crippen LogP contribution in [-0.4, -0.2) is 67.5 Å². The number of rotatable bonds is 3. The van der Waals surface area contributed by atoms with Gasteiger partial charge in [-0.15, -0.1) is 11.3 Å². The highest BCUT2D eigenvalue weighted by Crippen LogP contribution is 2.33. The third-order valence-electron chi connectivity index (χ3n) is 4.27. The Balaban J connectivity index is 1.88. The van der Waals surface area contributed by atoms with Crippen LogP contribution in [0.3, 0.4) is 0 Å². The second-order valence-corrected chi connectivity index (χ2v) is 6.90. The van der Waals surface area contributed by atoms with E-state index in [9.17, 15) is 9.59 Å². The lowest BCUT2D eigenvalue weighted by Gasteiger charge is -2.37. The van der Waals surface area contributed by atoms with Crippen LogP contribution < -0.4 is 5.32 Å². The molecule has 2 aliphatic heterocycles. The Morgan fingerprint density at radius 3 is 2.79 bits per heavy atom. The molecule has 24 heavy (non-hydrogen) atoms. The molecule has 0 saturated carbocycles. The van der Waals surface area contributed by atoms with Gasteiger partial charge in [0.25, 0.3) is 0 Å². The molecule has 1 fully saturated rings. The number of ether oxygens (including phenoxy) is 1. The van der Waals surface area contributed by atoms with Crippen molar-refractivity contribution in [1.82, 2.24) is 15.1 Å². The molecule has 2 aliphatic rings. The van der Waals surface area contributed by atoms with E-state index in [2.05, 4.69) is 22.2 Å². The summed E-state index contributed by atoms with van der Waals surface area (Å²) in [7, 11) is 2.07. The summed E-state index contributed by atoms with van der Waals surface area (Å²) in [4.78, 5) is 34.8. The molecule has 0 unspecified atom stereocenters. The topological polar surface area (TPSA) is 74.2 Å². The maximum atomic E-state index is 12.6. The van der Waals surface area contributed by atoms with E-state index in [1.54, 1.807) is 6.92 Å². The van der Waals surface area contributed by atoms with E-state index in [-0.39, 0.29) is 12.5 Å². The minimum atomic E-state index is -0.931. The molecule has 1 aromatic rings. The van der Waals surface area contributed by atoms with Crippen LogP contribution in [0.4, 0.5) is 0 Å². The van der Waals surface area contributed by atoms with Gasteiger partial charge in [-0.1, -0.05) is 6.07 Å². The Labute approximate surface area is 145 Å². The molecule has 8 heteroatoms. The quantitative estimate of drug-likeness (QED) is 0.642. The first kappa shape index (κ1) is 16.9. The molecular weight excluding hydrogens is 328 g/mol. The van der Waals surface area contributed by atoms with Crippen LogP contribution in [0.1, 0.15) is 17.8 Å². The van der Waals surface area contributed by atoms with Gasteiger partial charge in [0, 0.05) is 31.1 Å². The van der Waals surface area contributed by atoms with Crippen molar-refractivity contribution >= 4 is 29.2 Å². The average Bonchev–Trinajstić information content (AvgIpc) is 3.09. The summed E-state index contributed by atoms with van der Waals surface area (Å²) >= 11 is 1.50. The van der Waals surface area contributed by atoms with Crippen molar-refractivity contribution in [2.24, 2.45) is 10.9 Å². The van der Waals surface area contributed by atoms with Gasteiger partial charge in [-0.25, -0.2) is 4.99 Å². The van der Waals surface area contributed by atoms with Gasteiger partial charge < -0.3 is 14.5 Å². The predicted octanol–water partition coefficient (Wildman–Crippen LogP) is 0.702. The van der Waals surface area contributed by atoms with E-state index in [1.165, 1.54) is 11.3 Å². The first-order chi connectivity index (χ1) is 11.6. The number of nitrogens with zero attached hydrogens (tertiary/aromatic N) is 3. The number of piperazine rings is 1. The lowest BCUT2D eigenvalue weighted by atomic mass is 9.96. The zero-order valence-electron chi connectivity index (χ0n) is 13.9. The zero-order chi connectivity index (χ0) is 17.1. The highest BCUT2D eigenvalue weighted by Gasteiger charge is 2.42. The van der Waals surface area contributed by atoms with Crippen LogP contribution in [0.2, 0.25) is 0 Å². The Hall–Kier alpha value is -1.93. The van der Waals surface area contributed by atoms with Crippen LogP contribution in [0, 0.1) is 5.92 Å². The average molecular weight is 350 g/mol. The minimum absolute atomic E-state index is 0.245. The molecule has 2 atom stereocenters. The number of hydrogen-bond donors (Lipinski definition) is 1. The van der Waals surface area contributed by atoms with E-state index >= 15 is 0 Å². The molecule has 7 nitrogen and oxygen atoms in total. The summed E-state index contributed by atoms with van der Waals surface area (Å²) in [6.07, 6.45) is 0. The maximum Gasteiger partial charge on any atom is 0.321 e. The Bertz CT molecular complexity index is 623. The van der Waals surface area contributed by atoms with E-state index in [0.29, 0.717) is 5.96 Å². The molecule has 1 N–H and O–H groups in total. The highest BCUT2D eigenvalue weighted by atomic mass is 32.1. The largest absolute Gasteiger partial charge is 0.465 e. The van der Waals surface area contributed by atoms with Crippen molar-refractivity contribution in [2.75, 3.05) is 39.8 Å². The number of carbonyl (C=O) groups is 2. The van der Waals surface area contributed by atoms with Gasteiger partial charge in [0.05, 0.1) is 6.61 Å². The molecule has 0 radical (unpaired) electrons. The van der Waals surface area contributed by atoms with Crippen LogP contribution in [0.5, 0.6) is 0 Å². The van der Waals surface area contributed by atoms with E-state index in [4.69, 9.17) is 9.73 Å². The second-order valence-electron chi connectivity index (χ2n) is 5.92. The fourth-order valence-corrected chi connectivity index (χ4v) is 3.70. The van der Waals surface area contributed by atoms with Crippen LogP contribution in [-0.2, 0) is 14.3 Å². The van der Waals surface area contributed by atoms with Crippen molar-refractivity contribution in [3.8, 4) is 0 Å². The van der Waals surface area contributed by atoms with E-state index in [1.807, 2.05) is 17.5 Å². The smallest absolute Gasteiger partial charge is 0.321 e. The number of amides is 1. The summed E-state index contributed by atoms with van der Waals surface area (Å²) in [5.41, 5.74) is 0. The summed E-state index contributed by atoms with van der Waals surface area (Å²) in [6, 6.07) is 3.29. The molecule has 3 rings (SSSR count). The standard InChI is InChI=1S/C16H22N4O3S/c1-3-23-15(22)12-13(11-5-4-10-24-11)17-16(18-14(12)21)20-8-6-19(2)7-9-20/h4-5,10,12-13H,3,6-9H2,1-2H3,(H,17,18,21)/t12-,13-/m0/s1. The first-order valence-corrected chi connectivity index (χ1v) is 9.00.